The molecule has 1 aliphatic heterocycles. The average Bonchev–Trinajstić information content (AvgIpc) is 3.29. The molecule has 4 rings (SSSR count). The largest absolute Gasteiger partial charge is 0.458 e. The first-order valence-electron chi connectivity index (χ1n) is 8.27. The third kappa shape index (κ3) is 2.40. The number of aromatic amines is 1. The number of hydrogen-bond donors (Lipinski definition) is 2. The number of H-pyrrole nitrogens is 1. The van der Waals surface area contributed by atoms with Crippen LogP contribution in [0.1, 0.15) is 32.2 Å². The van der Waals surface area contributed by atoms with Gasteiger partial charge in [0.05, 0.1) is 18.4 Å². The molecule has 0 radical (unpaired) electrons. The predicted molar refractivity (Wildman–Crippen MR) is 93.8 cm³/mol. The van der Waals surface area contributed by atoms with Crippen molar-refractivity contribution < 1.29 is 18.8 Å². The van der Waals surface area contributed by atoms with E-state index in [-0.39, 0.29) is 23.8 Å². The van der Waals surface area contributed by atoms with Gasteiger partial charge in [-0.2, -0.15) is 0 Å². The fourth-order valence-corrected chi connectivity index (χ4v) is 3.54. The Morgan fingerprint density at radius 1 is 1.31 bits per heavy atom. The molecule has 2 N–H and O–H groups in total. The van der Waals surface area contributed by atoms with Crippen molar-refractivity contribution in [2.75, 3.05) is 7.05 Å². The summed E-state index contributed by atoms with van der Waals surface area (Å²) in [6, 6.07) is 8.60. The number of likely N-dealkylation sites (N-methyl/N-ethyl adjacent to an activating group) is 1. The molecule has 3 heterocycles. The molecule has 0 saturated heterocycles. The lowest BCUT2D eigenvalue weighted by Crippen LogP contribution is -2.52. The summed E-state index contributed by atoms with van der Waals surface area (Å²) >= 11 is 0. The molecule has 0 spiro atoms. The van der Waals surface area contributed by atoms with Crippen molar-refractivity contribution in [2.45, 2.75) is 19.0 Å². The Kier molecular flexibility index (Phi) is 3.84. The number of aromatic nitrogens is 1. The fraction of sp³-hybridized carbons (Fsp3) is 0.211. The Balaban J connectivity index is 1.79. The van der Waals surface area contributed by atoms with Crippen LogP contribution in [0.25, 0.3) is 10.9 Å². The highest BCUT2D eigenvalue weighted by Gasteiger charge is 2.38. The third-order valence-electron chi connectivity index (χ3n) is 4.83. The summed E-state index contributed by atoms with van der Waals surface area (Å²) in [7, 11) is 1.54. The molecule has 0 bridgehead atoms. The quantitative estimate of drug-likeness (QED) is 0.705. The van der Waals surface area contributed by atoms with Gasteiger partial charge in [-0.1, -0.05) is 18.2 Å². The molecule has 132 valence electrons. The minimum absolute atomic E-state index is 0.0477. The Morgan fingerprint density at radius 2 is 2.12 bits per heavy atom. The molecule has 1 unspecified atom stereocenters. The van der Waals surface area contributed by atoms with Crippen LogP contribution in [0.2, 0.25) is 0 Å². The molecular formula is C19H17N3O4. The molecule has 2 aromatic heterocycles. The van der Waals surface area contributed by atoms with Crippen LogP contribution in [0.3, 0.4) is 0 Å². The smallest absolute Gasteiger partial charge is 0.291 e. The number of fused-ring (bicyclic) bond motifs is 3. The number of rotatable bonds is 3. The van der Waals surface area contributed by atoms with E-state index in [0.717, 1.165) is 22.2 Å². The molecule has 1 atom stereocenters. The van der Waals surface area contributed by atoms with E-state index in [2.05, 4.69) is 10.3 Å². The van der Waals surface area contributed by atoms with Crippen molar-refractivity contribution in [3.63, 3.8) is 0 Å². The van der Waals surface area contributed by atoms with Crippen molar-refractivity contribution in [3.05, 3.63) is 59.2 Å². The molecule has 0 aliphatic carbocycles. The first-order valence-corrected chi connectivity index (χ1v) is 8.27. The number of carbonyl (C=O) groups excluding carboxylic acids is 3. The Hall–Kier alpha value is -3.35. The maximum absolute atomic E-state index is 13.0. The molecular weight excluding hydrogens is 334 g/mol. The number of hydrogen-bond acceptors (Lipinski definition) is 4. The van der Waals surface area contributed by atoms with Gasteiger partial charge in [0.1, 0.15) is 6.04 Å². The number of carbonyl (C=O) groups is 3. The van der Waals surface area contributed by atoms with Crippen LogP contribution < -0.4 is 5.32 Å². The Bertz CT molecular complexity index is 1020. The van der Waals surface area contributed by atoms with E-state index in [1.165, 1.54) is 17.2 Å². The summed E-state index contributed by atoms with van der Waals surface area (Å²) in [5, 5.41) is 3.67. The number of para-hydroxylation sites is 1. The van der Waals surface area contributed by atoms with Crippen LogP contribution in [0, 0.1) is 0 Å². The average molecular weight is 351 g/mol. The number of furan rings is 1. The lowest BCUT2D eigenvalue weighted by molar-refractivity contribution is -0.125. The van der Waals surface area contributed by atoms with Gasteiger partial charge < -0.3 is 19.6 Å². The Labute approximate surface area is 149 Å². The Morgan fingerprint density at radius 3 is 2.88 bits per heavy atom. The lowest BCUT2D eigenvalue weighted by Gasteiger charge is -2.34. The van der Waals surface area contributed by atoms with E-state index < -0.39 is 11.9 Å². The molecule has 1 aromatic carbocycles. The minimum atomic E-state index is -0.677. The van der Waals surface area contributed by atoms with E-state index in [4.69, 9.17) is 4.42 Å². The highest BCUT2D eigenvalue weighted by atomic mass is 16.3. The number of benzene rings is 1. The van der Waals surface area contributed by atoms with Gasteiger partial charge >= 0.3 is 0 Å². The van der Waals surface area contributed by atoms with Crippen LogP contribution in [0.4, 0.5) is 0 Å². The zero-order valence-electron chi connectivity index (χ0n) is 14.1. The highest BCUT2D eigenvalue weighted by molar-refractivity contribution is 6.01. The van der Waals surface area contributed by atoms with Crippen molar-refractivity contribution in [2.24, 2.45) is 0 Å². The van der Waals surface area contributed by atoms with E-state index >= 15 is 0 Å². The first-order chi connectivity index (χ1) is 12.6. The van der Waals surface area contributed by atoms with Crippen molar-refractivity contribution in [1.29, 1.82) is 0 Å². The maximum Gasteiger partial charge on any atom is 0.291 e. The molecule has 26 heavy (non-hydrogen) atoms. The second-order valence-electron chi connectivity index (χ2n) is 6.22. The molecule has 7 heteroatoms. The summed E-state index contributed by atoms with van der Waals surface area (Å²) in [5.41, 5.74) is 3.06. The summed E-state index contributed by atoms with van der Waals surface area (Å²) in [6.07, 6.45) is 2.26. The van der Waals surface area contributed by atoms with Crippen LogP contribution in [-0.4, -0.2) is 41.1 Å². The van der Waals surface area contributed by atoms with E-state index in [0.29, 0.717) is 12.7 Å². The van der Waals surface area contributed by atoms with Gasteiger partial charge in [-0.15, -0.1) is 0 Å². The maximum atomic E-state index is 13.0. The topological polar surface area (TPSA) is 95.4 Å². The minimum Gasteiger partial charge on any atom is -0.458 e. The van der Waals surface area contributed by atoms with E-state index in [1.54, 1.807) is 7.05 Å². The second kappa shape index (κ2) is 6.18. The van der Waals surface area contributed by atoms with Gasteiger partial charge in [-0.05, 0) is 17.7 Å². The van der Waals surface area contributed by atoms with Crippen molar-refractivity contribution in [3.8, 4) is 0 Å². The molecule has 0 saturated carbocycles. The zero-order valence-corrected chi connectivity index (χ0v) is 14.1. The van der Waals surface area contributed by atoms with Crippen molar-refractivity contribution in [1.82, 2.24) is 15.2 Å². The van der Waals surface area contributed by atoms with E-state index in [1.807, 2.05) is 24.3 Å². The molecule has 7 nitrogen and oxygen atoms in total. The molecule has 2 amide bonds. The van der Waals surface area contributed by atoms with Gasteiger partial charge in [0, 0.05) is 30.1 Å². The molecule has 1 aliphatic rings. The lowest BCUT2D eigenvalue weighted by atomic mass is 9.95. The van der Waals surface area contributed by atoms with Gasteiger partial charge in [-0.3, -0.25) is 14.4 Å². The summed E-state index contributed by atoms with van der Waals surface area (Å²) in [4.78, 5) is 41.4. The first kappa shape index (κ1) is 16.1. The predicted octanol–water partition coefficient (Wildman–Crippen LogP) is 1.89. The standard InChI is InChI=1S/C19H17N3O4/c1-20-18(24)16-8-13-12-4-2-3-5-14(12)21-15(13)9-22(16)19(25)17-11(10-23)6-7-26-17/h2-7,10,16,21H,8-9H2,1H3,(H,20,24). The summed E-state index contributed by atoms with van der Waals surface area (Å²) in [5.74, 6) is -0.781. The number of aldehydes is 1. The number of nitrogens with one attached hydrogen (secondary N) is 2. The van der Waals surface area contributed by atoms with Crippen LogP contribution in [0.5, 0.6) is 0 Å². The number of nitrogens with zero attached hydrogens (tertiary/aromatic N) is 1. The molecule has 3 aromatic rings. The van der Waals surface area contributed by atoms with Gasteiger partial charge in [0.25, 0.3) is 5.91 Å². The van der Waals surface area contributed by atoms with Gasteiger partial charge in [-0.25, -0.2) is 0 Å². The van der Waals surface area contributed by atoms with Crippen LogP contribution in [-0.2, 0) is 17.8 Å². The van der Waals surface area contributed by atoms with E-state index in [9.17, 15) is 14.4 Å². The highest BCUT2D eigenvalue weighted by Crippen LogP contribution is 2.31. The SMILES string of the molecule is CNC(=O)C1Cc2c([nH]c3ccccc23)CN1C(=O)c1occc1C=O. The van der Waals surface area contributed by atoms with Gasteiger partial charge in [0.15, 0.2) is 6.29 Å². The summed E-state index contributed by atoms with van der Waals surface area (Å²) < 4.78 is 5.21. The second-order valence-corrected chi connectivity index (χ2v) is 6.22. The van der Waals surface area contributed by atoms with Gasteiger partial charge in [0.2, 0.25) is 11.7 Å². The van der Waals surface area contributed by atoms with Crippen LogP contribution in [0.15, 0.2) is 41.0 Å². The molecule has 0 fully saturated rings. The normalized spacial score (nSPS) is 16.3. The third-order valence-corrected chi connectivity index (χ3v) is 4.83. The fourth-order valence-electron chi connectivity index (χ4n) is 3.54. The number of amides is 2. The van der Waals surface area contributed by atoms with Crippen molar-refractivity contribution >= 4 is 29.0 Å². The zero-order chi connectivity index (χ0) is 18.3. The monoisotopic (exact) mass is 351 g/mol. The summed E-state index contributed by atoms with van der Waals surface area (Å²) in [6.45, 7) is 0.236. The van der Waals surface area contributed by atoms with Crippen LogP contribution >= 0.6 is 0 Å².